The molecule has 10 heavy (non-hydrogen) atoms. The standard InChI is InChI=1S/C7H12Cl2O/c1-5(2)4-10-6-3-7(6,8)9/h5-6H,3-4H2,1-2H3. The first-order valence-electron chi connectivity index (χ1n) is 3.52. The highest BCUT2D eigenvalue weighted by atomic mass is 35.5. The Morgan fingerprint density at radius 1 is 1.60 bits per heavy atom. The van der Waals surface area contributed by atoms with Gasteiger partial charge in [-0.2, -0.15) is 0 Å². The first-order valence-corrected chi connectivity index (χ1v) is 4.27. The number of rotatable bonds is 3. The molecule has 3 heteroatoms. The van der Waals surface area contributed by atoms with Gasteiger partial charge in [-0.25, -0.2) is 0 Å². The maximum Gasteiger partial charge on any atom is 0.146 e. The minimum Gasteiger partial charge on any atom is -0.375 e. The van der Waals surface area contributed by atoms with Crippen LogP contribution < -0.4 is 0 Å². The molecular weight excluding hydrogens is 171 g/mol. The van der Waals surface area contributed by atoms with E-state index in [9.17, 15) is 0 Å². The summed E-state index contributed by atoms with van der Waals surface area (Å²) in [5.41, 5.74) is 0. The minimum atomic E-state index is -0.575. The zero-order chi connectivity index (χ0) is 7.78. The predicted octanol–water partition coefficient (Wildman–Crippen LogP) is 2.61. The van der Waals surface area contributed by atoms with Gasteiger partial charge in [0.05, 0.1) is 6.10 Å². The van der Waals surface area contributed by atoms with Gasteiger partial charge in [-0.3, -0.25) is 0 Å². The molecular formula is C7H12Cl2O. The lowest BCUT2D eigenvalue weighted by Crippen LogP contribution is -2.07. The zero-order valence-electron chi connectivity index (χ0n) is 6.23. The average Bonchev–Trinajstić information content (AvgIpc) is 2.35. The topological polar surface area (TPSA) is 9.23 Å². The van der Waals surface area contributed by atoms with E-state index in [4.69, 9.17) is 27.9 Å². The van der Waals surface area contributed by atoms with Gasteiger partial charge in [-0.05, 0) is 5.92 Å². The monoisotopic (exact) mass is 182 g/mol. The molecule has 1 rings (SSSR count). The summed E-state index contributed by atoms with van der Waals surface area (Å²) in [7, 11) is 0. The molecule has 0 heterocycles. The average molecular weight is 183 g/mol. The maximum absolute atomic E-state index is 5.73. The van der Waals surface area contributed by atoms with Gasteiger partial charge in [0.2, 0.25) is 0 Å². The van der Waals surface area contributed by atoms with Crippen LogP contribution in [0.5, 0.6) is 0 Å². The van der Waals surface area contributed by atoms with E-state index < -0.39 is 4.33 Å². The van der Waals surface area contributed by atoms with Crippen LogP contribution in [0.2, 0.25) is 0 Å². The molecule has 0 amide bonds. The largest absolute Gasteiger partial charge is 0.375 e. The summed E-state index contributed by atoms with van der Waals surface area (Å²) < 4.78 is 4.79. The quantitative estimate of drug-likeness (QED) is 0.611. The number of hydrogen-bond donors (Lipinski definition) is 0. The van der Waals surface area contributed by atoms with Gasteiger partial charge in [0, 0.05) is 13.0 Å². The molecule has 0 aliphatic heterocycles. The van der Waals surface area contributed by atoms with Crippen LogP contribution in [0.25, 0.3) is 0 Å². The Morgan fingerprint density at radius 3 is 2.40 bits per heavy atom. The molecule has 1 atom stereocenters. The van der Waals surface area contributed by atoms with Gasteiger partial charge in [-0.15, -0.1) is 0 Å². The van der Waals surface area contributed by atoms with E-state index >= 15 is 0 Å². The van der Waals surface area contributed by atoms with Crippen molar-refractivity contribution in [2.45, 2.75) is 30.7 Å². The molecule has 0 saturated heterocycles. The van der Waals surface area contributed by atoms with E-state index in [0.29, 0.717) is 5.92 Å². The smallest absolute Gasteiger partial charge is 0.146 e. The lowest BCUT2D eigenvalue weighted by molar-refractivity contribution is 0.0945. The molecule has 0 radical (unpaired) electrons. The number of hydrogen-bond acceptors (Lipinski definition) is 1. The third kappa shape index (κ3) is 2.30. The van der Waals surface area contributed by atoms with Crippen molar-refractivity contribution in [3.8, 4) is 0 Å². The van der Waals surface area contributed by atoms with E-state index in [0.717, 1.165) is 13.0 Å². The van der Waals surface area contributed by atoms with Crippen LogP contribution in [0.15, 0.2) is 0 Å². The highest BCUT2D eigenvalue weighted by molar-refractivity contribution is 6.51. The summed E-state index contributed by atoms with van der Waals surface area (Å²) >= 11 is 11.5. The normalized spacial score (nSPS) is 29.1. The Morgan fingerprint density at radius 2 is 2.10 bits per heavy atom. The lowest BCUT2D eigenvalue weighted by atomic mass is 10.2. The Kier molecular flexibility index (Phi) is 2.49. The summed E-state index contributed by atoms with van der Waals surface area (Å²) in [4.78, 5) is 0. The van der Waals surface area contributed by atoms with Gasteiger partial charge in [0.1, 0.15) is 4.33 Å². The van der Waals surface area contributed by atoms with E-state index in [2.05, 4.69) is 13.8 Å². The summed E-state index contributed by atoms with van der Waals surface area (Å²) in [6.07, 6.45) is 0.862. The molecule has 0 bridgehead atoms. The third-order valence-corrected chi connectivity index (χ3v) is 2.19. The number of alkyl halides is 2. The Labute approximate surface area is 71.6 Å². The van der Waals surface area contributed by atoms with Crippen LogP contribution in [0, 0.1) is 5.92 Å². The van der Waals surface area contributed by atoms with Crippen molar-refractivity contribution in [1.29, 1.82) is 0 Å². The van der Waals surface area contributed by atoms with E-state index in [1.807, 2.05) is 0 Å². The summed E-state index contributed by atoms with van der Waals surface area (Å²) in [6, 6.07) is 0. The van der Waals surface area contributed by atoms with E-state index in [1.165, 1.54) is 0 Å². The Balaban J connectivity index is 2.07. The molecule has 60 valence electrons. The summed E-state index contributed by atoms with van der Waals surface area (Å²) in [5.74, 6) is 0.560. The van der Waals surface area contributed by atoms with Crippen molar-refractivity contribution in [3.05, 3.63) is 0 Å². The van der Waals surface area contributed by atoms with Gasteiger partial charge < -0.3 is 4.74 Å². The number of halogens is 2. The molecule has 1 fully saturated rings. The molecule has 1 saturated carbocycles. The fourth-order valence-electron chi connectivity index (χ4n) is 0.678. The first kappa shape index (κ1) is 8.63. The molecule has 0 aromatic heterocycles. The fraction of sp³-hybridized carbons (Fsp3) is 1.00. The zero-order valence-corrected chi connectivity index (χ0v) is 7.74. The van der Waals surface area contributed by atoms with Crippen LogP contribution in [-0.4, -0.2) is 17.0 Å². The summed E-state index contributed by atoms with van der Waals surface area (Å²) in [5, 5.41) is 0. The number of ether oxygens (including phenoxy) is 1. The molecule has 0 aromatic rings. The molecule has 0 N–H and O–H groups in total. The molecule has 1 unspecified atom stereocenters. The van der Waals surface area contributed by atoms with Crippen LogP contribution in [0.1, 0.15) is 20.3 Å². The summed E-state index contributed by atoms with van der Waals surface area (Å²) in [6.45, 7) is 4.96. The first-order chi connectivity index (χ1) is 4.52. The molecule has 1 nitrogen and oxygen atoms in total. The SMILES string of the molecule is CC(C)COC1CC1(Cl)Cl. The van der Waals surface area contributed by atoms with Gasteiger partial charge >= 0.3 is 0 Å². The maximum atomic E-state index is 5.73. The van der Waals surface area contributed by atoms with Crippen LogP contribution in [0.4, 0.5) is 0 Å². The van der Waals surface area contributed by atoms with Crippen molar-refractivity contribution >= 4 is 23.2 Å². The molecule has 0 aromatic carbocycles. The van der Waals surface area contributed by atoms with Gasteiger partial charge in [0.25, 0.3) is 0 Å². The van der Waals surface area contributed by atoms with Crippen molar-refractivity contribution in [2.75, 3.05) is 6.61 Å². The van der Waals surface area contributed by atoms with Crippen LogP contribution >= 0.6 is 23.2 Å². The van der Waals surface area contributed by atoms with Crippen molar-refractivity contribution in [2.24, 2.45) is 5.92 Å². The Hall–Kier alpha value is 0.540. The Bertz CT molecular complexity index is 123. The molecule has 0 spiro atoms. The van der Waals surface area contributed by atoms with Crippen molar-refractivity contribution in [3.63, 3.8) is 0 Å². The second-order valence-corrected chi connectivity index (χ2v) is 4.72. The second-order valence-electron chi connectivity index (χ2n) is 3.18. The van der Waals surface area contributed by atoms with Crippen molar-refractivity contribution in [1.82, 2.24) is 0 Å². The van der Waals surface area contributed by atoms with E-state index in [-0.39, 0.29) is 6.10 Å². The van der Waals surface area contributed by atoms with Crippen LogP contribution in [-0.2, 0) is 4.74 Å². The highest BCUT2D eigenvalue weighted by Crippen LogP contribution is 2.49. The van der Waals surface area contributed by atoms with Gasteiger partial charge in [0.15, 0.2) is 0 Å². The lowest BCUT2D eigenvalue weighted by Gasteiger charge is -2.05. The second kappa shape index (κ2) is 2.88. The predicted molar refractivity (Wildman–Crippen MR) is 43.6 cm³/mol. The van der Waals surface area contributed by atoms with E-state index in [1.54, 1.807) is 0 Å². The highest BCUT2D eigenvalue weighted by Gasteiger charge is 2.53. The molecule has 1 aliphatic carbocycles. The molecule has 1 aliphatic rings. The van der Waals surface area contributed by atoms with Crippen LogP contribution in [0.3, 0.4) is 0 Å². The van der Waals surface area contributed by atoms with Crippen molar-refractivity contribution < 1.29 is 4.74 Å². The minimum absolute atomic E-state index is 0.0817. The fourth-order valence-corrected chi connectivity index (χ4v) is 1.08. The van der Waals surface area contributed by atoms with Gasteiger partial charge in [-0.1, -0.05) is 37.0 Å². The third-order valence-electron chi connectivity index (χ3n) is 1.40.